The van der Waals surface area contributed by atoms with Gasteiger partial charge in [-0.15, -0.1) is 0 Å². The van der Waals surface area contributed by atoms with E-state index in [1.807, 2.05) is 0 Å². The van der Waals surface area contributed by atoms with Crippen LogP contribution in [0.25, 0.3) is 49.7 Å². The van der Waals surface area contributed by atoms with Gasteiger partial charge in [0, 0.05) is 22.9 Å². The Morgan fingerprint density at radius 3 is 1.41 bits per heavy atom. The molecule has 10 aromatic carbocycles. The van der Waals surface area contributed by atoms with Crippen LogP contribution in [-0.2, 0) is 35.9 Å². The summed E-state index contributed by atoms with van der Waals surface area (Å²) in [6.45, 7) is 15.4. The summed E-state index contributed by atoms with van der Waals surface area (Å²) in [5.41, 5.74) is 21.0. The van der Waals surface area contributed by atoms with Gasteiger partial charge in [0.05, 0.1) is 61.3 Å². The minimum absolute atomic E-state index is 0.536. The Morgan fingerprint density at radius 2 is 0.817 bits per heavy atom. The van der Waals surface area contributed by atoms with Crippen molar-refractivity contribution in [2.75, 3.05) is 4.90 Å². The first-order chi connectivity index (χ1) is 39.8. The van der Waals surface area contributed by atoms with E-state index in [4.69, 9.17) is 18.6 Å². The first-order valence-corrected chi connectivity index (χ1v) is 29.2. The molecule has 2 atom stereocenters. The normalized spacial score (nSPS) is 21.1. The molecule has 0 radical (unpaired) electrons. The number of benzene rings is 10. The van der Waals surface area contributed by atoms with Crippen LogP contribution in [0.15, 0.2) is 224 Å². The third kappa shape index (κ3) is 6.00. The Kier molecular flexibility index (Phi) is 9.75. The molecular formula is C74H60B2N2O4. The standard InChI is InChI=1S/C74H60B2N2O4/c1-69(2)70(3,4)80-75(79-69)60-37-23-31-52-49-28-12-15-33-55(49)74(67(52)60)58-36-18-22-42-65(58)78-62-39-19-13-29-50(62)53-43-46(44-59(74)68(53)78)45-72(7)71(5,6)81-76(82-72)61-38-24-30-51-48-27-11-14-32-54(48)73(66(51)61)56-34-16-20-40-63(56)77(47-25-9-8-10-26-47)64-41-21-17-35-57(64)73/h8-44H,45H2,1-7H3. The van der Waals surface area contributed by atoms with Crippen molar-refractivity contribution in [3.63, 3.8) is 0 Å². The van der Waals surface area contributed by atoms with E-state index in [2.05, 4.69) is 282 Å². The lowest BCUT2D eigenvalue weighted by Gasteiger charge is -2.45. The van der Waals surface area contributed by atoms with Gasteiger partial charge in [-0.05, 0) is 174 Å². The molecule has 5 heterocycles. The van der Waals surface area contributed by atoms with Gasteiger partial charge in [-0.1, -0.05) is 182 Å². The fraction of sp³-hybridized carbons (Fsp3) is 0.189. The second-order valence-electron chi connectivity index (χ2n) is 25.3. The molecule has 0 N–H and O–H groups in total. The van der Waals surface area contributed by atoms with Crippen LogP contribution in [0.3, 0.4) is 0 Å². The molecule has 1 aromatic heterocycles. The van der Waals surface area contributed by atoms with Gasteiger partial charge in [0.2, 0.25) is 0 Å². The number of aromatic nitrogens is 1. The van der Waals surface area contributed by atoms with Crippen molar-refractivity contribution in [3.8, 4) is 27.9 Å². The Morgan fingerprint density at radius 1 is 0.366 bits per heavy atom. The van der Waals surface area contributed by atoms with Crippen molar-refractivity contribution in [1.29, 1.82) is 0 Å². The SMILES string of the molecule is CC1(C)OB(c2cccc3c2C2(c4ccccc4-3)c3ccccc3-n3c4ccccc4c4cc(CC5(C)OB(c6cccc7c6C6(c8ccccc8-7)c7ccccc7N(c7ccccc7)c7ccccc76)OC5(C)C)cc2c43)OC1(C)C. The molecular weight excluding hydrogens is 1000 g/mol. The first kappa shape index (κ1) is 48.5. The third-order valence-corrected chi connectivity index (χ3v) is 20.4. The molecule has 17 rings (SSSR count). The molecule has 2 unspecified atom stereocenters. The highest BCUT2D eigenvalue weighted by Gasteiger charge is 2.61. The largest absolute Gasteiger partial charge is 0.495 e. The van der Waals surface area contributed by atoms with E-state index in [-0.39, 0.29) is 0 Å². The van der Waals surface area contributed by atoms with Gasteiger partial charge in [-0.2, -0.15) is 0 Å². The summed E-state index contributed by atoms with van der Waals surface area (Å²) < 4.78 is 32.0. The van der Waals surface area contributed by atoms with E-state index in [0.29, 0.717) is 6.42 Å². The lowest BCUT2D eigenvalue weighted by Crippen LogP contribution is -2.47. The van der Waals surface area contributed by atoms with Crippen molar-refractivity contribution in [2.45, 2.75) is 88.1 Å². The highest BCUT2D eigenvalue weighted by molar-refractivity contribution is 6.63. The molecule has 82 heavy (non-hydrogen) atoms. The molecule has 0 amide bonds. The lowest BCUT2D eigenvalue weighted by molar-refractivity contribution is -0.00876. The Hall–Kier alpha value is -8.23. The molecule has 2 fully saturated rings. The molecule has 4 aliphatic heterocycles. The molecule has 6 aliphatic rings. The predicted molar refractivity (Wildman–Crippen MR) is 333 cm³/mol. The summed E-state index contributed by atoms with van der Waals surface area (Å²) in [7, 11) is -1.28. The zero-order valence-corrected chi connectivity index (χ0v) is 47.3. The maximum atomic E-state index is 7.81. The van der Waals surface area contributed by atoms with Crippen molar-refractivity contribution in [1.82, 2.24) is 4.57 Å². The number of rotatable bonds is 5. The Balaban J connectivity index is 0.863. The summed E-state index contributed by atoms with van der Waals surface area (Å²) >= 11 is 0. The summed E-state index contributed by atoms with van der Waals surface area (Å²) in [4.78, 5) is 2.44. The van der Waals surface area contributed by atoms with E-state index in [0.717, 1.165) is 28.0 Å². The maximum Gasteiger partial charge on any atom is 0.495 e. The maximum absolute atomic E-state index is 7.81. The third-order valence-electron chi connectivity index (χ3n) is 20.4. The minimum atomic E-state index is -0.802. The van der Waals surface area contributed by atoms with Crippen LogP contribution in [0.4, 0.5) is 17.1 Å². The topological polar surface area (TPSA) is 45.1 Å². The number of para-hydroxylation sites is 5. The van der Waals surface area contributed by atoms with Crippen LogP contribution in [0.1, 0.15) is 98.5 Å². The van der Waals surface area contributed by atoms with Crippen LogP contribution >= 0.6 is 0 Å². The Bertz CT molecular complexity index is 4500. The highest BCUT2D eigenvalue weighted by atomic mass is 16.7. The van der Waals surface area contributed by atoms with Gasteiger partial charge in [0.25, 0.3) is 0 Å². The average Bonchev–Trinajstić information content (AvgIpc) is 1.52. The van der Waals surface area contributed by atoms with Gasteiger partial charge in [-0.25, -0.2) is 0 Å². The van der Waals surface area contributed by atoms with Crippen molar-refractivity contribution >= 4 is 64.0 Å². The van der Waals surface area contributed by atoms with Crippen LogP contribution in [0.2, 0.25) is 0 Å². The van der Waals surface area contributed by atoms with Gasteiger partial charge < -0.3 is 28.1 Å². The zero-order valence-electron chi connectivity index (χ0n) is 47.3. The van der Waals surface area contributed by atoms with Gasteiger partial charge >= 0.3 is 14.2 Å². The number of fused-ring (bicyclic) bond motifs is 21. The summed E-state index contributed by atoms with van der Waals surface area (Å²) in [5, 5.41) is 2.43. The molecule has 0 saturated carbocycles. The van der Waals surface area contributed by atoms with E-state index in [1.165, 1.54) is 99.8 Å². The van der Waals surface area contributed by atoms with Gasteiger partial charge in [0.15, 0.2) is 0 Å². The van der Waals surface area contributed by atoms with Crippen LogP contribution < -0.4 is 15.8 Å². The van der Waals surface area contributed by atoms with Crippen molar-refractivity contribution in [2.24, 2.45) is 0 Å². The summed E-state index contributed by atoms with van der Waals surface area (Å²) in [6, 6.07) is 83.5. The molecule has 6 nitrogen and oxygen atoms in total. The fourth-order valence-corrected chi connectivity index (χ4v) is 15.9. The van der Waals surface area contributed by atoms with Crippen molar-refractivity contribution < 1.29 is 18.6 Å². The molecule has 11 aromatic rings. The first-order valence-electron chi connectivity index (χ1n) is 29.2. The lowest BCUT2D eigenvalue weighted by atomic mass is 9.60. The van der Waals surface area contributed by atoms with Gasteiger partial charge in [-0.3, -0.25) is 0 Å². The van der Waals surface area contributed by atoms with E-state index in [9.17, 15) is 0 Å². The van der Waals surface area contributed by atoms with E-state index in [1.54, 1.807) is 0 Å². The van der Waals surface area contributed by atoms with Crippen LogP contribution in [-0.4, -0.2) is 41.2 Å². The zero-order chi connectivity index (χ0) is 55.3. The predicted octanol–water partition coefficient (Wildman–Crippen LogP) is 15.4. The second-order valence-corrected chi connectivity index (χ2v) is 25.3. The number of anilines is 3. The van der Waals surface area contributed by atoms with Crippen LogP contribution in [0, 0.1) is 0 Å². The number of hydrogen-bond acceptors (Lipinski definition) is 5. The second kappa shape index (κ2) is 16.5. The molecule has 2 spiro atoms. The van der Waals surface area contributed by atoms with Crippen LogP contribution in [0.5, 0.6) is 0 Å². The van der Waals surface area contributed by atoms with Crippen molar-refractivity contribution in [3.05, 3.63) is 275 Å². The quantitative estimate of drug-likeness (QED) is 0.161. The molecule has 2 saturated heterocycles. The average molecular weight is 1060 g/mol. The summed E-state index contributed by atoms with van der Waals surface area (Å²) in [5.74, 6) is 0. The monoisotopic (exact) mass is 1060 g/mol. The molecule has 2 aliphatic carbocycles. The Labute approximate surface area is 480 Å². The smallest absolute Gasteiger partial charge is 0.399 e. The molecule has 8 heteroatoms. The number of hydrogen-bond donors (Lipinski definition) is 0. The number of nitrogens with zero attached hydrogens (tertiary/aromatic N) is 2. The van der Waals surface area contributed by atoms with Gasteiger partial charge in [0.1, 0.15) is 0 Å². The minimum Gasteiger partial charge on any atom is -0.399 e. The highest BCUT2D eigenvalue weighted by Crippen LogP contribution is 2.65. The molecule has 396 valence electrons. The summed E-state index contributed by atoms with van der Waals surface area (Å²) in [6.07, 6.45) is 0.585. The fourth-order valence-electron chi connectivity index (χ4n) is 15.9. The molecule has 0 bridgehead atoms. The van der Waals surface area contributed by atoms with E-state index < -0.39 is 47.5 Å². The van der Waals surface area contributed by atoms with E-state index >= 15 is 0 Å².